The van der Waals surface area contributed by atoms with Crippen molar-refractivity contribution >= 4 is 5.82 Å². The second kappa shape index (κ2) is 4.37. The summed E-state index contributed by atoms with van der Waals surface area (Å²) in [6.45, 7) is 2.74. The third-order valence-corrected chi connectivity index (χ3v) is 2.61. The molecule has 2 heterocycles. The average molecular weight is 192 g/mol. The van der Waals surface area contributed by atoms with E-state index < -0.39 is 0 Å². The largest absolute Gasteiger partial charge is 0.355 e. The molecule has 1 saturated heterocycles. The van der Waals surface area contributed by atoms with Gasteiger partial charge in [0.25, 0.3) is 0 Å². The summed E-state index contributed by atoms with van der Waals surface area (Å²) in [5.74, 6) is 0.979. The molecule has 1 aromatic heterocycles. The monoisotopic (exact) mass is 192 g/mol. The summed E-state index contributed by atoms with van der Waals surface area (Å²) in [6, 6.07) is 2.04. The molecule has 76 valence electrons. The normalized spacial score (nSPS) is 17.1. The van der Waals surface area contributed by atoms with Crippen molar-refractivity contribution in [3.8, 4) is 0 Å². The van der Waals surface area contributed by atoms with E-state index in [9.17, 15) is 0 Å². The molecule has 0 aromatic carbocycles. The molecule has 1 fully saturated rings. The topological polar surface area (TPSA) is 55.0 Å². The van der Waals surface area contributed by atoms with Crippen LogP contribution in [0.3, 0.4) is 0 Å². The molecule has 0 spiro atoms. The Hall–Kier alpha value is -1.16. The highest BCUT2D eigenvalue weighted by Crippen LogP contribution is 2.17. The van der Waals surface area contributed by atoms with Crippen molar-refractivity contribution in [3.63, 3.8) is 0 Å². The van der Waals surface area contributed by atoms with Gasteiger partial charge in [-0.2, -0.15) is 5.10 Å². The average Bonchev–Trinajstić information content (AvgIpc) is 2.30. The van der Waals surface area contributed by atoms with Gasteiger partial charge in [-0.25, -0.2) is 0 Å². The van der Waals surface area contributed by atoms with Gasteiger partial charge in [-0.1, -0.05) is 0 Å². The molecule has 4 nitrogen and oxygen atoms in total. The van der Waals surface area contributed by atoms with Crippen molar-refractivity contribution in [1.82, 2.24) is 10.2 Å². The lowest BCUT2D eigenvalue weighted by Gasteiger charge is -2.27. The number of rotatable bonds is 2. The molecule has 1 aliphatic rings. The predicted octanol–water partition coefficient (Wildman–Crippen LogP) is 0.926. The van der Waals surface area contributed by atoms with Crippen molar-refractivity contribution in [2.75, 3.05) is 18.0 Å². The molecule has 0 unspecified atom stereocenters. The first-order valence-corrected chi connectivity index (χ1v) is 5.17. The molecule has 0 bridgehead atoms. The standard InChI is InChI=1S/C10H16N4/c11-7-9-6-10(13-12-8-9)14-4-2-1-3-5-14/h6,8H,1-5,7,11H2. The zero-order chi connectivity index (χ0) is 9.80. The molecule has 1 aromatic rings. The Bertz CT molecular complexity index is 294. The second-order valence-corrected chi connectivity index (χ2v) is 3.67. The van der Waals surface area contributed by atoms with Crippen LogP contribution in [0.5, 0.6) is 0 Å². The van der Waals surface area contributed by atoms with E-state index in [1.54, 1.807) is 6.20 Å². The van der Waals surface area contributed by atoms with Gasteiger partial charge in [0.2, 0.25) is 0 Å². The van der Waals surface area contributed by atoms with E-state index in [1.165, 1.54) is 19.3 Å². The van der Waals surface area contributed by atoms with E-state index in [0.29, 0.717) is 6.54 Å². The van der Waals surface area contributed by atoms with Gasteiger partial charge < -0.3 is 10.6 Å². The fraction of sp³-hybridized carbons (Fsp3) is 0.600. The van der Waals surface area contributed by atoms with Crippen LogP contribution >= 0.6 is 0 Å². The van der Waals surface area contributed by atoms with Crippen molar-refractivity contribution in [2.45, 2.75) is 25.8 Å². The van der Waals surface area contributed by atoms with E-state index in [4.69, 9.17) is 5.73 Å². The Morgan fingerprint density at radius 2 is 2.07 bits per heavy atom. The molecule has 0 atom stereocenters. The van der Waals surface area contributed by atoms with Gasteiger partial charge in [-0.15, -0.1) is 5.10 Å². The smallest absolute Gasteiger partial charge is 0.151 e. The molecule has 0 aliphatic carbocycles. The number of hydrogen-bond acceptors (Lipinski definition) is 4. The second-order valence-electron chi connectivity index (χ2n) is 3.67. The molecule has 2 rings (SSSR count). The zero-order valence-corrected chi connectivity index (χ0v) is 8.32. The van der Waals surface area contributed by atoms with Crippen molar-refractivity contribution < 1.29 is 0 Å². The predicted molar refractivity (Wildman–Crippen MR) is 56.0 cm³/mol. The summed E-state index contributed by atoms with van der Waals surface area (Å²) in [4.78, 5) is 2.29. The first-order valence-electron chi connectivity index (χ1n) is 5.17. The van der Waals surface area contributed by atoms with Crippen LogP contribution in [0.2, 0.25) is 0 Å². The molecular weight excluding hydrogens is 176 g/mol. The van der Waals surface area contributed by atoms with Gasteiger partial charge >= 0.3 is 0 Å². The van der Waals surface area contributed by atoms with Crippen LogP contribution in [0.4, 0.5) is 5.82 Å². The lowest BCUT2D eigenvalue weighted by Crippen LogP contribution is -2.30. The van der Waals surface area contributed by atoms with E-state index in [-0.39, 0.29) is 0 Å². The highest BCUT2D eigenvalue weighted by atomic mass is 15.3. The van der Waals surface area contributed by atoms with E-state index >= 15 is 0 Å². The molecule has 0 amide bonds. The summed E-state index contributed by atoms with van der Waals surface area (Å²) in [5, 5.41) is 8.09. The summed E-state index contributed by atoms with van der Waals surface area (Å²) >= 11 is 0. The van der Waals surface area contributed by atoms with Gasteiger partial charge in [-0.05, 0) is 30.9 Å². The van der Waals surface area contributed by atoms with Gasteiger partial charge in [-0.3, -0.25) is 0 Å². The lowest BCUT2D eigenvalue weighted by atomic mass is 10.1. The molecule has 14 heavy (non-hydrogen) atoms. The highest BCUT2D eigenvalue weighted by molar-refractivity contribution is 5.39. The van der Waals surface area contributed by atoms with Crippen molar-refractivity contribution in [3.05, 3.63) is 17.8 Å². The van der Waals surface area contributed by atoms with Crippen molar-refractivity contribution in [1.29, 1.82) is 0 Å². The van der Waals surface area contributed by atoms with Gasteiger partial charge in [0, 0.05) is 19.6 Å². The number of hydrogen-bond donors (Lipinski definition) is 1. The number of piperidine rings is 1. The summed E-state index contributed by atoms with van der Waals surface area (Å²) in [7, 11) is 0. The van der Waals surface area contributed by atoms with Crippen LogP contribution in [0.25, 0.3) is 0 Å². The molecule has 4 heteroatoms. The molecule has 2 N–H and O–H groups in total. The third kappa shape index (κ3) is 2.01. The maximum Gasteiger partial charge on any atom is 0.151 e. The summed E-state index contributed by atoms with van der Waals surface area (Å²) in [5.41, 5.74) is 6.62. The molecule has 1 aliphatic heterocycles. The Labute approximate surface area is 84.1 Å². The number of anilines is 1. The Balaban J connectivity index is 2.13. The van der Waals surface area contributed by atoms with Crippen LogP contribution < -0.4 is 10.6 Å². The first kappa shape index (κ1) is 9.40. The van der Waals surface area contributed by atoms with Crippen LogP contribution in [0.15, 0.2) is 12.3 Å². The maximum absolute atomic E-state index is 5.56. The molecule has 0 radical (unpaired) electrons. The van der Waals surface area contributed by atoms with Crippen LogP contribution in [0.1, 0.15) is 24.8 Å². The first-order chi connectivity index (χ1) is 6.90. The lowest BCUT2D eigenvalue weighted by molar-refractivity contribution is 0.571. The van der Waals surface area contributed by atoms with Gasteiger partial charge in [0.05, 0.1) is 6.20 Å². The van der Waals surface area contributed by atoms with Crippen LogP contribution in [0, 0.1) is 0 Å². The van der Waals surface area contributed by atoms with Crippen LogP contribution in [-0.4, -0.2) is 23.3 Å². The minimum atomic E-state index is 0.538. The minimum absolute atomic E-state index is 0.538. The number of nitrogens with zero attached hydrogens (tertiary/aromatic N) is 3. The quantitative estimate of drug-likeness (QED) is 0.757. The van der Waals surface area contributed by atoms with Crippen LogP contribution in [-0.2, 0) is 6.54 Å². The molecule has 0 saturated carbocycles. The summed E-state index contributed by atoms with van der Waals surface area (Å²) < 4.78 is 0. The van der Waals surface area contributed by atoms with E-state index in [1.807, 2.05) is 6.07 Å². The SMILES string of the molecule is NCc1cnnc(N2CCCCC2)c1. The van der Waals surface area contributed by atoms with Gasteiger partial charge in [0.1, 0.15) is 0 Å². The Kier molecular flexibility index (Phi) is 2.93. The fourth-order valence-electron chi connectivity index (χ4n) is 1.78. The van der Waals surface area contributed by atoms with E-state index in [2.05, 4.69) is 15.1 Å². The van der Waals surface area contributed by atoms with E-state index in [0.717, 1.165) is 24.5 Å². The van der Waals surface area contributed by atoms with Gasteiger partial charge in [0.15, 0.2) is 5.82 Å². The number of nitrogens with two attached hydrogens (primary N) is 1. The minimum Gasteiger partial charge on any atom is -0.355 e. The maximum atomic E-state index is 5.56. The number of aromatic nitrogens is 2. The zero-order valence-electron chi connectivity index (χ0n) is 8.32. The molecular formula is C10H16N4. The van der Waals surface area contributed by atoms with Crippen molar-refractivity contribution in [2.24, 2.45) is 5.73 Å². The Morgan fingerprint density at radius 1 is 1.29 bits per heavy atom. The highest BCUT2D eigenvalue weighted by Gasteiger charge is 2.12. The third-order valence-electron chi connectivity index (χ3n) is 2.61. The summed E-state index contributed by atoms with van der Waals surface area (Å²) in [6.07, 6.45) is 5.58. The Morgan fingerprint density at radius 3 is 2.79 bits per heavy atom. The fourth-order valence-corrected chi connectivity index (χ4v) is 1.78.